The van der Waals surface area contributed by atoms with Crippen molar-refractivity contribution in [3.63, 3.8) is 0 Å². The van der Waals surface area contributed by atoms with Crippen LogP contribution in [0.5, 0.6) is 0 Å². The summed E-state index contributed by atoms with van der Waals surface area (Å²) >= 11 is 0. The average molecular weight is 272 g/mol. The van der Waals surface area contributed by atoms with E-state index in [0.29, 0.717) is 6.42 Å². The molecule has 0 aliphatic carbocycles. The second-order valence-electron chi connectivity index (χ2n) is 6.40. The third-order valence-electron chi connectivity index (χ3n) is 4.06. The van der Waals surface area contributed by atoms with Crippen molar-refractivity contribution in [1.29, 1.82) is 0 Å². The number of allylic oxidation sites excluding steroid dienone is 1. The molecule has 0 aromatic carbocycles. The standard InChI is InChI=1S/C15H28O4/c1-11(8-10-16)5-6-12(17)15(4)9-7-13(19-15)14(2,3)18/h8,12-13,16-18H,5-7,9-10H2,1-4H3. The normalized spacial score (nSPS) is 30.7. The van der Waals surface area contributed by atoms with Crippen molar-refractivity contribution in [3.8, 4) is 0 Å². The topological polar surface area (TPSA) is 69.9 Å². The average Bonchev–Trinajstić information content (AvgIpc) is 2.70. The van der Waals surface area contributed by atoms with E-state index in [4.69, 9.17) is 9.84 Å². The van der Waals surface area contributed by atoms with Crippen molar-refractivity contribution in [1.82, 2.24) is 0 Å². The molecule has 0 aromatic rings. The minimum absolute atomic E-state index is 0.0382. The van der Waals surface area contributed by atoms with Gasteiger partial charge in [0.25, 0.3) is 0 Å². The van der Waals surface area contributed by atoms with Crippen LogP contribution in [-0.2, 0) is 4.74 Å². The van der Waals surface area contributed by atoms with Crippen molar-refractivity contribution in [2.24, 2.45) is 0 Å². The molecular formula is C15H28O4. The fourth-order valence-corrected chi connectivity index (χ4v) is 2.53. The van der Waals surface area contributed by atoms with Crippen LogP contribution < -0.4 is 0 Å². The maximum atomic E-state index is 10.3. The molecule has 4 nitrogen and oxygen atoms in total. The number of ether oxygens (including phenoxy) is 1. The van der Waals surface area contributed by atoms with Crippen molar-refractivity contribution in [2.45, 2.75) is 76.8 Å². The molecule has 0 radical (unpaired) electrons. The molecule has 1 aliphatic rings. The van der Waals surface area contributed by atoms with Gasteiger partial charge < -0.3 is 20.1 Å². The maximum Gasteiger partial charge on any atom is 0.0918 e. The Morgan fingerprint density at radius 3 is 2.63 bits per heavy atom. The summed E-state index contributed by atoms with van der Waals surface area (Å²) in [5.41, 5.74) is -0.379. The van der Waals surface area contributed by atoms with Crippen LogP contribution in [0.4, 0.5) is 0 Å². The summed E-state index contributed by atoms with van der Waals surface area (Å²) < 4.78 is 5.90. The molecule has 0 bridgehead atoms. The van der Waals surface area contributed by atoms with Crippen LogP contribution in [0.25, 0.3) is 0 Å². The van der Waals surface area contributed by atoms with Gasteiger partial charge in [0.2, 0.25) is 0 Å². The summed E-state index contributed by atoms with van der Waals surface area (Å²) in [6.45, 7) is 7.37. The molecule has 1 fully saturated rings. The Labute approximate surface area is 116 Å². The van der Waals surface area contributed by atoms with Crippen LogP contribution in [0.2, 0.25) is 0 Å². The molecule has 0 saturated carbocycles. The highest BCUT2D eigenvalue weighted by atomic mass is 16.5. The van der Waals surface area contributed by atoms with E-state index in [1.807, 2.05) is 13.8 Å². The molecule has 0 aromatic heterocycles. The molecule has 112 valence electrons. The lowest BCUT2D eigenvalue weighted by atomic mass is 9.90. The quantitative estimate of drug-likeness (QED) is 0.645. The van der Waals surface area contributed by atoms with Gasteiger partial charge in [-0.3, -0.25) is 0 Å². The molecule has 1 aliphatic heterocycles. The Bertz CT molecular complexity index is 319. The van der Waals surface area contributed by atoms with Crippen molar-refractivity contribution in [3.05, 3.63) is 11.6 Å². The van der Waals surface area contributed by atoms with Gasteiger partial charge in [-0.1, -0.05) is 11.6 Å². The molecule has 19 heavy (non-hydrogen) atoms. The minimum Gasteiger partial charge on any atom is -0.392 e. The maximum absolute atomic E-state index is 10.3. The van der Waals surface area contributed by atoms with Gasteiger partial charge in [0.1, 0.15) is 0 Å². The third kappa shape index (κ3) is 4.56. The predicted molar refractivity (Wildman–Crippen MR) is 74.9 cm³/mol. The van der Waals surface area contributed by atoms with E-state index >= 15 is 0 Å². The summed E-state index contributed by atoms with van der Waals surface area (Å²) in [5, 5.41) is 29.1. The van der Waals surface area contributed by atoms with E-state index in [1.54, 1.807) is 19.9 Å². The first-order valence-corrected chi connectivity index (χ1v) is 7.04. The molecule has 1 saturated heterocycles. The van der Waals surface area contributed by atoms with E-state index in [1.165, 1.54) is 0 Å². The monoisotopic (exact) mass is 272 g/mol. The van der Waals surface area contributed by atoms with E-state index < -0.39 is 17.3 Å². The number of hydrogen-bond donors (Lipinski definition) is 3. The van der Waals surface area contributed by atoms with Crippen LogP contribution in [-0.4, -0.2) is 45.3 Å². The first-order valence-electron chi connectivity index (χ1n) is 7.04. The predicted octanol–water partition coefficient (Wildman–Crippen LogP) is 1.77. The van der Waals surface area contributed by atoms with Crippen molar-refractivity contribution >= 4 is 0 Å². The fourth-order valence-electron chi connectivity index (χ4n) is 2.53. The van der Waals surface area contributed by atoms with Crippen LogP contribution >= 0.6 is 0 Å². The van der Waals surface area contributed by atoms with Crippen LogP contribution in [0.15, 0.2) is 11.6 Å². The largest absolute Gasteiger partial charge is 0.392 e. The zero-order chi connectivity index (χ0) is 14.7. The molecule has 4 heteroatoms. The van der Waals surface area contributed by atoms with Gasteiger partial charge in [0, 0.05) is 0 Å². The highest BCUT2D eigenvalue weighted by Gasteiger charge is 2.46. The second-order valence-corrected chi connectivity index (χ2v) is 6.40. The fraction of sp³-hybridized carbons (Fsp3) is 0.867. The lowest BCUT2D eigenvalue weighted by Crippen LogP contribution is -2.43. The van der Waals surface area contributed by atoms with Gasteiger partial charge in [0.15, 0.2) is 0 Å². The molecule has 1 rings (SSSR count). The van der Waals surface area contributed by atoms with E-state index in [9.17, 15) is 10.2 Å². The van der Waals surface area contributed by atoms with Crippen LogP contribution in [0, 0.1) is 0 Å². The van der Waals surface area contributed by atoms with Crippen LogP contribution in [0.1, 0.15) is 53.4 Å². The first kappa shape index (κ1) is 16.6. The lowest BCUT2D eigenvalue weighted by molar-refractivity contribution is -0.153. The molecule has 1 heterocycles. The van der Waals surface area contributed by atoms with Crippen LogP contribution in [0.3, 0.4) is 0 Å². The number of aliphatic hydroxyl groups is 3. The molecular weight excluding hydrogens is 244 g/mol. The van der Waals surface area contributed by atoms with E-state index in [-0.39, 0.29) is 12.7 Å². The Balaban J connectivity index is 2.53. The number of hydrogen-bond acceptors (Lipinski definition) is 4. The van der Waals surface area contributed by atoms with E-state index in [2.05, 4.69) is 0 Å². The van der Waals surface area contributed by atoms with Gasteiger partial charge in [0.05, 0.1) is 30.0 Å². The smallest absolute Gasteiger partial charge is 0.0918 e. The number of aliphatic hydroxyl groups excluding tert-OH is 2. The molecule has 0 amide bonds. The molecule has 0 spiro atoms. The molecule has 3 unspecified atom stereocenters. The van der Waals surface area contributed by atoms with Crippen molar-refractivity contribution < 1.29 is 20.1 Å². The zero-order valence-electron chi connectivity index (χ0n) is 12.5. The van der Waals surface area contributed by atoms with Gasteiger partial charge in [-0.2, -0.15) is 0 Å². The van der Waals surface area contributed by atoms with Gasteiger partial charge >= 0.3 is 0 Å². The summed E-state index contributed by atoms with van der Waals surface area (Å²) in [4.78, 5) is 0. The SMILES string of the molecule is CC(=CCO)CCC(O)C1(C)CCC(C(C)(C)O)O1. The summed E-state index contributed by atoms with van der Waals surface area (Å²) in [6, 6.07) is 0. The molecule has 3 N–H and O–H groups in total. The first-order chi connectivity index (χ1) is 8.69. The van der Waals surface area contributed by atoms with Crippen molar-refractivity contribution in [2.75, 3.05) is 6.61 Å². The highest BCUT2D eigenvalue weighted by molar-refractivity contribution is 5.01. The van der Waals surface area contributed by atoms with Gasteiger partial charge in [-0.25, -0.2) is 0 Å². The second kappa shape index (κ2) is 6.35. The van der Waals surface area contributed by atoms with Gasteiger partial charge in [-0.15, -0.1) is 0 Å². The Kier molecular flexibility index (Phi) is 5.56. The summed E-state index contributed by atoms with van der Waals surface area (Å²) in [5.74, 6) is 0. The van der Waals surface area contributed by atoms with Gasteiger partial charge in [-0.05, 0) is 53.4 Å². The Morgan fingerprint density at radius 2 is 2.16 bits per heavy atom. The highest BCUT2D eigenvalue weighted by Crippen LogP contribution is 2.38. The lowest BCUT2D eigenvalue weighted by Gasteiger charge is -2.33. The third-order valence-corrected chi connectivity index (χ3v) is 4.06. The van der Waals surface area contributed by atoms with E-state index in [0.717, 1.165) is 24.8 Å². The minimum atomic E-state index is -0.871. The number of rotatable bonds is 6. The Morgan fingerprint density at radius 1 is 1.53 bits per heavy atom. The summed E-state index contributed by atoms with van der Waals surface area (Å²) in [6.07, 6.45) is 3.85. The molecule has 3 atom stereocenters. The zero-order valence-corrected chi connectivity index (χ0v) is 12.5. The Hall–Kier alpha value is -0.420. The summed E-state index contributed by atoms with van der Waals surface area (Å²) in [7, 11) is 0.